The molecule has 1 aliphatic heterocycles. The second-order valence-corrected chi connectivity index (χ2v) is 7.40. The summed E-state index contributed by atoms with van der Waals surface area (Å²) in [6.45, 7) is 4.04. The third-order valence-electron chi connectivity index (χ3n) is 5.01. The molecule has 0 radical (unpaired) electrons. The van der Waals surface area contributed by atoms with E-state index in [1.165, 1.54) is 4.90 Å². The van der Waals surface area contributed by atoms with Crippen LogP contribution in [0.2, 0.25) is 5.02 Å². The number of carbonyl (C=O) groups excluding carboxylic acids is 2. The van der Waals surface area contributed by atoms with Gasteiger partial charge in [0, 0.05) is 10.7 Å². The summed E-state index contributed by atoms with van der Waals surface area (Å²) in [7, 11) is 0. The molecule has 1 heterocycles. The second-order valence-electron chi connectivity index (χ2n) is 6.96. The number of carbonyl (C=O) groups is 2. The Kier molecular flexibility index (Phi) is 4.95. The molecule has 3 aromatic carbocycles. The first kappa shape index (κ1) is 19.0. The number of imide groups is 1. The van der Waals surface area contributed by atoms with E-state index < -0.39 is 5.91 Å². The number of amides is 2. The Hall–Kier alpha value is -3.37. The normalized spacial score (nSPS) is 14.0. The van der Waals surface area contributed by atoms with Gasteiger partial charge in [-0.05, 0) is 66.9 Å². The van der Waals surface area contributed by atoms with E-state index in [9.17, 15) is 9.59 Å². The minimum absolute atomic E-state index is 0.263. The summed E-state index contributed by atoms with van der Waals surface area (Å²) in [5, 5.41) is 3.73. The lowest BCUT2D eigenvalue weighted by molar-refractivity contribution is -0.120. The predicted molar refractivity (Wildman–Crippen MR) is 117 cm³/mol. The lowest BCUT2D eigenvalue weighted by Crippen LogP contribution is -2.32. The largest absolute Gasteiger partial charge is 0.350 e. The van der Waals surface area contributed by atoms with Gasteiger partial charge in [0.2, 0.25) is 0 Å². The van der Waals surface area contributed by atoms with Crippen LogP contribution in [0, 0.1) is 13.8 Å². The van der Waals surface area contributed by atoms with Crippen molar-refractivity contribution < 1.29 is 9.59 Å². The van der Waals surface area contributed by atoms with E-state index >= 15 is 0 Å². The molecule has 3 aromatic rings. The smallest absolute Gasteiger partial charge is 0.282 e. The van der Waals surface area contributed by atoms with Crippen molar-refractivity contribution in [3.05, 3.63) is 100 Å². The number of hydrogen-bond acceptors (Lipinski definition) is 3. The minimum Gasteiger partial charge on any atom is -0.350 e. The van der Waals surface area contributed by atoms with Crippen LogP contribution in [0.3, 0.4) is 0 Å². The Morgan fingerprint density at radius 1 is 0.793 bits per heavy atom. The first-order chi connectivity index (χ1) is 14.0. The molecule has 0 fully saturated rings. The molecule has 0 aromatic heterocycles. The summed E-state index contributed by atoms with van der Waals surface area (Å²) in [4.78, 5) is 27.8. The number of nitrogens with zero attached hydrogens (tertiary/aromatic N) is 1. The van der Waals surface area contributed by atoms with Crippen molar-refractivity contribution in [1.29, 1.82) is 0 Å². The molecule has 0 aliphatic carbocycles. The standard InChI is InChI=1S/C24H19ClN2O2/c1-15-8-11-19(14-16(15)2)26-22-21(17-6-4-3-5-7-17)23(28)27(24(22)29)20-12-9-18(25)10-13-20/h3-14,26H,1-2H3. The molecule has 4 nitrogen and oxygen atoms in total. The molecule has 2 amide bonds. The number of halogens is 1. The fourth-order valence-electron chi connectivity index (χ4n) is 3.31. The van der Waals surface area contributed by atoms with Gasteiger partial charge in [-0.1, -0.05) is 48.0 Å². The quantitative estimate of drug-likeness (QED) is 0.598. The zero-order chi connectivity index (χ0) is 20.5. The number of rotatable bonds is 4. The fourth-order valence-corrected chi connectivity index (χ4v) is 3.43. The van der Waals surface area contributed by atoms with Crippen LogP contribution in [0.1, 0.15) is 16.7 Å². The third kappa shape index (κ3) is 3.55. The van der Waals surface area contributed by atoms with E-state index in [1.54, 1.807) is 24.3 Å². The predicted octanol–water partition coefficient (Wildman–Crippen LogP) is 5.35. The number of nitrogens with one attached hydrogen (secondary N) is 1. The second kappa shape index (κ2) is 7.57. The molecule has 0 spiro atoms. The zero-order valence-corrected chi connectivity index (χ0v) is 16.8. The average Bonchev–Trinajstić information content (AvgIpc) is 2.96. The molecule has 1 N–H and O–H groups in total. The molecule has 0 saturated carbocycles. The lowest BCUT2D eigenvalue weighted by Gasteiger charge is -2.15. The molecule has 29 heavy (non-hydrogen) atoms. The van der Waals surface area contributed by atoms with Crippen molar-refractivity contribution in [2.24, 2.45) is 0 Å². The summed E-state index contributed by atoms with van der Waals surface area (Å²) in [6.07, 6.45) is 0. The maximum atomic E-state index is 13.3. The Balaban J connectivity index is 1.81. The van der Waals surface area contributed by atoms with Crippen molar-refractivity contribution in [2.75, 3.05) is 10.2 Å². The third-order valence-corrected chi connectivity index (χ3v) is 5.26. The van der Waals surface area contributed by atoms with Gasteiger partial charge in [-0.15, -0.1) is 0 Å². The van der Waals surface area contributed by atoms with E-state index in [0.29, 0.717) is 21.8 Å². The van der Waals surface area contributed by atoms with Gasteiger partial charge in [-0.25, -0.2) is 4.90 Å². The van der Waals surface area contributed by atoms with Crippen LogP contribution in [-0.4, -0.2) is 11.8 Å². The monoisotopic (exact) mass is 402 g/mol. The highest BCUT2D eigenvalue weighted by atomic mass is 35.5. The molecular formula is C24H19ClN2O2. The van der Waals surface area contributed by atoms with Crippen LogP contribution in [0.25, 0.3) is 5.57 Å². The SMILES string of the molecule is Cc1ccc(NC2=C(c3ccccc3)C(=O)N(c3ccc(Cl)cc3)C2=O)cc1C. The molecule has 0 bridgehead atoms. The van der Waals surface area contributed by atoms with Crippen molar-refractivity contribution >= 4 is 40.4 Å². The topological polar surface area (TPSA) is 49.4 Å². The summed E-state index contributed by atoms with van der Waals surface area (Å²) in [5.74, 6) is -0.760. The summed E-state index contributed by atoms with van der Waals surface area (Å²) in [6, 6.07) is 21.7. The van der Waals surface area contributed by atoms with Gasteiger partial charge in [-0.2, -0.15) is 0 Å². The van der Waals surface area contributed by atoms with Gasteiger partial charge >= 0.3 is 0 Å². The van der Waals surface area contributed by atoms with Gasteiger partial charge in [0.05, 0.1) is 11.3 Å². The van der Waals surface area contributed by atoms with Crippen LogP contribution in [0.5, 0.6) is 0 Å². The van der Waals surface area contributed by atoms with Crippen LogP contribution < -0.4 is 10.2 Å². The van der Waals surface area contributed by atoms with E-state index in [-0.39, 0.29) is 11.6 Å². The van der Waals surface area contributed by atoms with E-state index in [0.717, 1.165) is 16.8 Å². The van der Waals surface area contributed by atoms with Gasteiger partial charge < -0.3 is 5.32 Å². The van der Waals surface area contributed by atoms with Gasteiger partial charge in [0.25, 0.3) is 11.8 Å². The Morgan fingerprint density at radius 3 is 2.14 bits per heavy atom. The Morgan fingerprint density at radius 2 is 1.48 bits per heavy atom. The van der Waals surface area contributed by atoms with Crippen molar-refractivity contribution in [3.63, 3.8) is 0 Å². The number of aryl methyl sites for hydroxylation is 2. The summed E-state index contributed by atoms with van der Waals surface area (Å²) in [5.41, 5.74) is 4.80. The van der Waals surface area contributed by atoms with Crippen LogP contribution in [0.4, 0.5) is 11.4 Å². The number of anilines is 2. The fraction of sp³-hybridized carbons (Fsp3) is 0.0833. The van der Waals surface area contributed by atoms with Gasteiger partial charge in [0.1, 0.15) is 5.70 Å². The summed E-state index contributed by atoms with van der Waals surface area (Å²) < 4.78 is 0. The molecule has 0 atom stereocenters. The van der Waals surface area contributed by atoms with Crippen molar-refractivity contribution in [1.82, 2.24) is 0 Å². The number of benzene rings is 3. The van der Waals surface area contributed by atoms with Gasteiger partial charge in [0.15, 0.2) is 0 Å². The first-order valence-electron chi connectivity index (χ1n) is 9.24. The van der Waals surface area contributed by atoms with E-state index in [1.807, 2.05) is 62.4 Å². The van der Waals surface area contributed by atoms with Crippen LogP contribution >= 0.6 is 11.6 Å². The molecule has 5 heteroatoms. The Bertz CT molecular complexity index is 1140. The van der Waals surface area contributed by atoms with E-state index in [2.05, 4.69) is 5.32 Å². The lowest BCUT2D eigenvalue weighted by atomic mass is 10.0. The van der Waals surface area contributed by atoms with Crippen molar-refractivity contribution in [3.8, 4) is 0 Å². The zero-order valence-electron chi connectivity index (χ0n) is 16.1. The maximum Gasteiger partial charge on any atom is 0.282 e. The average molecular weight is 403 g/mol. The minimum atomic E-state index is -0.394. The highest BCUT2D eigenvalue weighted by Gasteiger charge is 2.40. The van der Waals surface area contributed by atoms with Crippen LogP contribution in [0.15, 0.2) is 78.5 Å². The highest BCUT2D eigenvalue weighted by Crippen LogP contribution is 2.34. The highest BCUT2D eigenvalue weighted by molar-refractivity contribution is 6.46. The molecule has 144 valence electrons. The molecule has 0 saturated heterocycles. The maximum absolute atomic E-state index is 13.3. The first-order valence-corrected chi connectivity index (χ1v) is 9.62. The summed E-state index contributed by atoms with van der Waals surface area (Å²) >= 11 is 5.97. The van der Waals surface area contributed by atoms with Gasteiger partial charge in [-0.3, -0.25) is 9.59 Å². The molecule has 1 aliphatic rings. The molecule has 4 rings (SSSR count). The van der Waals surface area contributed by atoms with E-state index in [4.69, 9.17) is 11.6 Å². The van der Waals surface area contributed by atoms with Crippen molar-refractivity contribution in [2.45, 2.75) is 13.8 Å². The number of hydrogen-bond donors (Lipinski definition) is 1. The molecular weight excluding hydrogens is 384 g/mol. The molecule has 0 unspecified atom stereocenters. The van der Waals surface area contributed by atoms with Crippen LogP contribution in [-0.2, 0) is 9.59 Å². The Labute approximate surface area is 174 Å².